The highest BCUT2D eigenvalue weighted by Crippen LogP contribution is 2.47. The Morgan fingerprint density at radius 1 is 1.14 bits per heavy atom. The quantitative estimate of drug-likeness (QED) is 0.420. The number of fused-ring (bicyclic) bond motifs is 1. The smallest absolute Gasteiger partial charge is 0.353 e. The van der Waals surface area contributed by atoms with Crippen molar-refractivity contribution in [2.24, 2.45) is 5.92 Å². The summed E-state index contributed by atoms with van der Waals surface area (Å²) in [5.41, 5.74) is 0.954. The number of aliphatic carboxylic acids is 2. The van der Waals surface area contributed by atoms with Crippen LogP contribution in [-0.4, -0.2) is 43.4 Å². The van der Waals surface area contributed by atoms with E-state index in [0.29, 0.717) is 28.3 Å². The molecule has 1 aromatic heterocycles. The van der Waals surface area contributed by atoms with Crippen molar-refractivity contribution in [3.8, 4) is 11.5 Å². The molecular formula is C24H25ClN2O6S2. The van der Waals surface area contributed by atoms with Crippen LogP contribution in [-0.2, 0) is 16.1 Å². The summed E-state index contributed by atoms with van der Waals surface area (Å²) in [5.74, 6) is -0.353. The Hall–Kier alpha value is -2.56. The molecule has 1 aromatic carbocycles. The lowest BCUT2D eigenvalue weighted by molar-refractivity contribution is -0.138. The van der Waals surface area contributed by atoms with Gasteiger partial charge in [-0.1, -0.05) is 17.7 Å². The first kappa shape index (κ1) is 24.1. The lowest BCUT2D eigenvalue weighted by Gasteiger charge is -2.35. The fraction of sp³-hybridized carbons (Fsp3) is 0.417. The van der Waals surface area contributed by atoms with Gasteiger partial charge in [-0.25, -0.2) is 4.79 Å². The summed E-state index contributed by atoms with van der Waals surface area (Å²) in [4.78, 5) is 26.3. The topological polar surface area (TPSA) is 99.5 Å². The van der Waals surface area contributed by atoms with E-state index in [2.05, 4.69) is 0 Å². The van der Waals surface area contributed by atoms with Gasteiger partial charge < -0.3 is 24.6 Å². The SMILES string of the molecule is O=C(O)CC1CCC(SN2C=C(C(=O)O)N(Cc3cc4c(cc3Cl)OCO4)C2c2cccs2)CC1. The molecule has 186 valence electrons. The molecule has 2 N–H and O–H groups in total. The van der Waals surface area contributed by atoms with Crippen LogP contribution in [0.2, 0.25) is 5.02 Å². The van der Waals surface area contributed by atoms with Gasteiger partial charge in [-0.2, -0.15) is 0 Å². The highest BCUT2D eigenvalue weighted by Gasteiger charge is 2.39. The molecule has 1 fully saturated rings. The van der Waals surface area contributed by atoms with Gasteiger partial charge in [0.1, 0.15) is 11.9 Å². The number of rotatable bonds is 8. The van der Waals surface area contributed by atoms with Gasteiger partial charge >= 0.3 is 11.9 Å². The van der Waals surface area contributed by atoms with Crippen molar-refractivity contribution in [2.75, 3.05) is 6.79 Å². The Labute approximate surface area is 216 Å². The number of carboxylic acids is 2. The summed E-state index contributed by atoms with van der Waals surface area (Å²) in [6.45, 7) is 0.425. The maximum absolute atomic E-state index is 12.3. The Morgan fingerprint density at radius 2 is 1.89 bits per heavy atom. The van der Waals surface area contributed by atoms with E-state index < -0.39 is 11.9 Å². The number of carboxylic acid groups (broad SMARTS) is 2. The molecule has 5 rings (SSSR count). The number of hydrogen-bond donors (Lipinski definition) is 2. The maximum atomic E-state index is 12.3. The molecule has 1 atom stereocenters. The molecule has 2 aromatic rings. The minimum Gasteiger partial charge on any atom is -0.481 e. The molecule has 0 spiro atoms. The maximum Gasteiger partial charge on any atom is 0.353 e. The molecule has 8 nitrogen and oxygen atoms in total. The summed E-state index contributed by atoms with van der Waals surface area (Å²) in [7, 11) is 0. The highest BCUT2D eigenvalue weighted by molar-refractivity contribution is 7.97. The van der Waals surface area contributed by atoms with Crippen LogP contribution in [0.15, 0.2) is 41.5 Å². The first-order valence-electron chi connectivity index (χ1n) is 11.4. The van der Waals surface area contributed by atoms with Crippen molar-refractivity contribution in [3.63, 3.8) is 0 Å². The largest absolute Gasteiger partial charge is 0.481 e. The number of hydrogen-bond acceptors (Lipinski definition) is 8. The van der Waals surface area contributed by atoms with Crippen LogP contribution >= 0.6 is 34.9 Å². The predicted molar refractivity (Wildman–Crippen MR) is 133 cm³/mol. The Morgan fingerprint density at radius 3 is 2.54 bits per heavy atom. The number of ether oxygens (including phenoxy) is 2. The zero-order valence-corrected chi connectivity index (χ0v) is 21.2. The van der Waals surface area contributed by atoms with E-state index in [1.807, 2.05) is 32.8 Å². The van der Waals surface area contributed by atoms with Crippen LogP contribution in [0, 0.1) is 5.92 Å². The van der Waals surface area contributed by atoms with Gasteiger partial charge in [0.15, 0.2) is 11.5 Å². The van der Waals surface area contributed by atoms with Gasteiger partial charge in [-0.3, -0.25) is 9.10 Å². The minimum absolute atomic E-state index is 0.135. The van der Waals surface area contributed by atoms with E-state index in [1.165, 1.54) is 0 Å². The molecule has 3 heterocycles. The van der Waals surface area contributed by atoms with Gasteiger partial charge in [0.05, 0.1) is 0 Å². The Kier molecular flexibility index (Phi) is 7.04. The standard InChI is InChI=1S/C24H25ClN2O6S2/c25-17-10-20-19(32-13-33-20)9-15(17)11-26-18(24(30)31)12-27(23(26)21-2-1-7-34-21)35-16-5-3-14(4-6-16)8-22(28)29/h1-2,7,9-10,12,14,16,23H,3-6,8,11,13H2,(H,28,29)(H,30,31). The summed E-state index contributed by atoms with van der Waals surface area (Å²) in [6.07, 6.45) is 5.17. The number of nitrogens with zero attached hydrogens (tertiary/aromatic N) is 2. The summed E-state index contributed by atoms with van der Waals surface area (Å²) < 4.78 is 13.0. The van der Waals surface area contributed by atoms with Gasteiger partial charge in [0.2, 0.25) is 6.79 Å². The van der Waals surface area contributed by atoms with Gasteiger partial charge in [-0.05, 0) is 66.6 Å². The van der Waals surface area contributed by atoms with Crippen molar-refractivity contribution < 1.29 is 29.3 Å². The fourth-order valence-electron chi connectivity index (χ4n) is 4.81. The monoisotopic (exact) mass is 536 g/mol. The first-order valence-corrected chi connectivity index (χ1v) is 13.5. The molecule has 1 aliphatic carbocycles. The Balaban J connectivity index is 1.39. The van der Waals surface area contributed by atoms with Crippen LogP contribution in [0.1, 0.15) is 48.7 Å². The molecule has 1 saturated carbocycles. The van der Waals surface area contributed by atoms with Crippen molar-refractivity contribution in [1.82, 2.24) is 9.21 Å². The second-order valence-electron chi connectivity index (χ2n) is 8.84. The third-order valence-corrected chi connectivity index (χ3v) is 9.10. The average molecular weight is 537 g/mol. The van der Waals surface area contributed by atoms with E-state index >= 15 is 0 Å². The molecule has 0 saturated heterocycles. The van der Waals surface area contributed by atoms with Crippen LogP contribution in [0.5, 0.6) is 11.5 Å². The van der Waals surface area contributed by atoms with Crippen molar-refractivity contribution in [3.05, 3.63) is 57.0 Å². The zero-order valence-electron chi connectivity index (χ0n) is 18.8. The lowest BCUT2D eigenvalue weighted by atomic mass is 9.87. The Bertz CT molecular complexity index is 1130. The molecular weight excluding hydrogens is 512 g/mol. The third-order valence-electron chi connectivity index (χ3n) is 6.52. The molecule has 2 aliphatic heterocycles. The van der Waals surface area contributed by atoms with E-state index in [0.717, 1.165) is 36.1 Å². The molecule has 0 amide bonds. The summed E-state index contributed by atoms with van der Waals surface area (Å²) in [6, 6.07) is 7.50. The molecule has 35 heavy (non-hydrogen) atoms. The highest BCUT2D eigenvalue weighted by atomic mass is 35.5. The van der Waals surface area contributed by atoms with E-state index in [4.69, 9.17) is 26.2 Å². The van der Waals surface area contributed by atoms with Crippen molar-refractivity contribution >= 4 is 46.8 Å². The number of carbonyl (C=O) groups is 2. The number of benzene rings is 1. The zero-order chi connectivity index (χ0) is 24.5. The lowest BCUT2D eigenvalue weighted by Crippen LogP contribution is -2.32. The summed E-state index contributed by atoms with van der Waals surface area (Å²) >= 11 is 9.77. The molecule has 0 radical (unpaired) electrons. The van der Waals surface area contributed by atoms with E-state index in [1.54, 1.807) is 35.6 Å². The van der Waals surface area contributed by atoms with E-state index in [9.17, 15) is 14.7 Å². The molecule has 1 unspecified atom stereocenters. The van der Waals surface area contributed by atoms with E-state index in [-0.39, 0.29) is 31.0 Å². The van der Waals surface area contributed by atoms with Gasteiger partial charge in [0.25, 0.3) is 0 Å². The second kappa shape index (κ2) is 10.2. The number of thiophene rings is 1. The fourth-order valence-corrected chi connectivity index (χ4v) is 7.26. The predicted octanol–water partition coefficient (Wildman–Crippen LogP) is 5.55. The van der Waals surface area contributed by atoms with Gasteiger partial charge in [-0.15, -0.1) is 11.3 Å². The van der Waals surface area contributed by atoms with Crippen LogP contribution in [0.3, 0.4) is 0 Å². The minimum atomic E-state index is -1.00. The molecule has 0 bridgehead atoms. The number of halogens is 1. The molecule has 11 heteroatoms. The first-order chi connectivity index (χ1) is 16.9. The summed E-state index contributed by atoms with van der Waals surface area (Å²) in [5, 5.41) is 21.9. The normalized spacial score (nSPS) is 23.5. The van der Waals surface area contributed by atoms with Crippen LogP contribution in [0.25, 0.3) is 0 Å². The van der Waals surface area contributed by atoms with Crippen molar-refractivity contribution in [1.29, 1.82) is 0 Å². The van der Waals surface area contributed by atoms with Crippen LogP contribution < -0.4 is 9.47 Å². The average Bonchev–Trinajstić information content (AvgIpc) is 3.55. The second-order valence-corrected chi connectivity index (χ2v) is 11.5. The van der Waals surface area contributed by atoms with Gasteiger partial charge in [0, 0.05) is 40.4 Å². The molecule has 3 aliphatic rings. The third kappa shape index (κ3) is 5.19. The van der Waals surface area contributed by atoms with Crippen molar-refractivity contribution in [2.45, 2.75) is 50.1 Å². The van der Waals surface area contributed by atoms with Crippen LogP contribution in [0.4, 0.5) is 0 Å².